The predicted molar refractivity (Wildman–Crippen MR) is 86.1 cm³/mol. The SMILES string of the molecule is Cc1ccccc1C(=O)OCCN1C(=O)c2ccccc2S1(=O)=O. The molecule has 6 nitrogen and oxygen atoms in total. The highest BCUT2D eigenvalue weighted by Gasteiger charge is 2.40. The van der Waals surface area contributed by atoms with Crippen molar-refractivity contribution in [3.05, 3.63) is 65.2 Å². The Labute approximate surface area is 139 Å². The molecule has 1 heterocycles. The minimum atomic E-state index is -3.87. The average Bonchev–Trinajstić information content (AvgIpc) is 2.76. The lowest BCUT2D eigenvalue weighted by Gasteiger charge is -2.15. The summed E-state index contributed by atoms with van der Waals surface area (Å²) in [6, 6.07) is 13.0. The minimum Gasteiger partial charge on any atom is -0.460 e. The minimum absolute atomic E-state index is 0.0137. The zero-order valence-corrected chi connectivity index (χ0v) is 13.7. The molecule has 3 rings (SSSR count). The van der Waals surface area contributed by atoms with Crippen LogP contribution in [0.1, 0.15) is 26.3 Å². The van der Waals surface area contributed by atoms with Crippen LogP contribution in [-0.4, -0.2) is 37.8 Å². The van der Waals surface area contributed by atoms with Crippen molar-refractivity contribution < 1.29 is 22.7 Å². The zero-order valence-electron chi connectivity index (χ0n) is 12.9. The lowest BCUT2D eigenvalue weighted by Crippen LogP contribution is -2.33. The first-order valence-electron chi connectivity index (χ1n) is 7.32. The number of amides is 1. The summed E-state index contributed by atoms with van der Waals surface area (Å²) >= 11 is 0. The van der Waals surface area contributed by atoms with Gasteiger partial charge >= 0.3 is 5.97 Å². The third-order valence-electron chi connectivity index (χ3n) is 3.80. The maximum absolute atomic E-state index is 12.4. The number of carbonyl (C=O) groups is 2. The van der Waals surface area contributed by atoms with Gasteiger partial charge in [0, 0.05) is 0 Å². The molecule has 0 saturated heterocycles. The zero-order chi connectivity index (χ0) is 17.3. The van der Waals surface area contributed by atoms with Gasteiger partial charge in [0.2, 0.25) is 0 Å². The van der Waals surface area contributed by atoms with Gasteiger partial charge in [0.05, 0.1) is 17.7 Å². The third kappa shape index (κ3) is 2.67. The Morgan fingerprint density at radius 1 is 1.08 bits per heavy atom. The number of nitrogens with zero attached hydrogens (tertiary/aromatic N) is 1. The molecule has 0 aliphatic carbocycles. The molecule has 0 fully saturated rings. The highest BCUT2D eigenvalue weighted by Crippen LogP contribution is 2.29. The van der Waals surface area contributed by atoms with Gasteiger partial charge in [-0.1, -0.05) is 30.3 Å². The monoisotopic (exact) mass is 345 g/mol. The summed E-state index contributed by atoms with van der Waals surface area (Å²) in [4.78, 5) is 24.2. The van der Waals surface area contributed by atoms with E-state index in [1.54, 1.807) is 43.3 Å². The molecule has 1 aliphatic heterocycles. The van der Waals surface area contributed by atoms with Crippen molar-refractivity contribution in [3.63, 3.8) is 0 Å². The van der Waals surface area contributed by atoms with Crippen LogP contribution < -0.4 is 0 Å². The molecule has 24 heavy (non-hydrogen) atoms. The number of benzene rings is 2. The molecular formula is C17H15NO5S. The van der Waals surface area contributed by atoms with E-state index < -0.39 is 21.9 Å². The lowest BCUT2D eigenvalue weighted by molar-refractivity contribution is 0.0477. The van der Waals surface area contributed by atoms with Crippen LogP contribution in [0.25, 0.3) is 0 Å². The smallest absolute Gasteiger partial charge is 0.338 e. The summed E-state index contributed by atoms with van der Waals surface area (Å²) < 4.78 is 30.6. The van der Waals surface area contributed by atoms with Crippen molar-refractivity contribution in [2.75, 3.05) is 13.2 Å². The van der Waals surface area contributed by atoms with Crippen LogP contribution in [0, 0.1) is 6.92 Å². The summed E-state index contributed by atoms with van der Waals surface area (Å²) in [5, 5.41) is 0. The summed E-state index contributed by atoms with van der Waals surface area (Å²) in [5.74, 6) is -1.15. The second-order valence-corrected chi connectivity index (χ2v) is 7.16. The molecule has 1 amide bonds. The number of rotatable bonds is 4. The maximum atomic E-state index is 12.4. The summed E-state index contributed by atoms with van der Waals surface area (Å²) in [6.45, 7) is 1.36. The fraction of sp³-hybridized carbons (Fsp3) is 0.176. The molecule has 0 spiro atoms. The van der Waals surface area contributed by atoms with Crippen LogP contribution in [0.4, 0.5) is 0 Å². The van der Waals surface area contributed by atoms with Gasteiger partial charge in [-0.05, 0) is 30.7 Å². The number of fused-ring (bicyclic) bond motifs is 1. The van der Waals surface area contributed by atoms with Crippen molar-refractivity contribution in [1.82, 2.24) is 4.31 Å². The largest absolute Gasteiger partial charge is 0.460 e. The van der Waals surface area contributed by atoms with Gasteiger partial charge in [-0.3, -0.25) is 4.79 Å². The molecule has 2 aromatic carbocycles. The van der Waals surface area contributed by atoms with Crippen molar-refractivity contribution in [2.45, 2.75) is 11.8 Å². The molecule has 0 aromatic heterocycles. The normalized spacial score (nSPS) is 15.2. The third-order valence-corrected chi connectivity index (χ3v) is 5.65. The summed E-state index contributed by atoms with van der Waals surface area (Å²) in [6.07, 6.45) is 0. The Morgan fingerprint density at radius 2 is 1.75 bits per heavy atom. The number of hydrogen-bond acceptors (Lipinski definition) is 5. The molecule has 1 aliphatic rings. The molecule has 0 bridgehead atoms. The first-order chi connectivity index (χ1) is 11.4. The molecule has 2 aromatic rings. The van der Waals surface area contributed by atoms with E-state index in [1.165, 1.54) is 12.1 Å². The first-order valence-corrected chi connectivity index (χ1v) is 8.76. The second-order valence-electron chi connectivity index (χ2n) is 5.33. The van der Waals surface area contributed by atoms with E-state index in [4.69, 9.17) is 4.74 Å². The number of hydrogen-bond donors (Lipinski definition) is 0. The predicted octanol–water partition coefficient (Wildman–Crippen LogP) is 2.00. The Balaban J connectivity index is 1.69. The number of ether oxygens (including phenoxy) is 1. The van der Waals surface area contributed by atoms with Crippen molar-refractivity contribution in [1.29, 1.82) is 0 Å². The molecule has 0 saturated carbocycles. The van der Waals surface area contributed by atoms with Gasteiger partial charge in [0.1, 0.15) is 11.5 Å². The maximum Gasteiger partial charge on any atom is 0.338 e. The molecule has 7 heteroatoms. The van der Waals surface area contributed by atoms with Crippen LogP contribution in [0.2, 0.25) is 0 Å². The molecule has 0 N–H and O–H groups in total. The van der Waals surface area contributed by atoms with E-state index in [0.29, 0.717) is 5.56 Å². The van der Waals surface area contributed by atoms with Crippen molar-refractivity contribution >= 4 is 21.9 Å². The van der Waals surface area contributed by atoms with E-state index in [2.05, 4.69) is 0 Å². The van der Waals surface area contributed by atoms with Gasteiger partial charge in [-0.25, -0.2) is 17.5 Å². The van der Waals surface area contributed by atoms with E-state index in [0.717, 1.165) is 9.87 Å². The van der Waals surface area contributed by atoms with Crippen LogP contribution in [0.5, 0.6) is 0 Å². The van der Waals surface area contributed by atoms with Gasteiger partial charge in [-0.15, -0.1) is 0 Å². The Hall–Kier alpha value is -2.67. The molecule has 0 radical (unpaired) electrons. The second kappa shape index (κ2) is 6.09. The molecule has 0 unspecified atom stereocenters. The van der Waals surface area contributed by atoms with E-state index in [9.17, 15) is 18.0 Å². The summed E-state index contributed by atoms with van der Waals surface area (Å²) in [5.41, 5.74) is 1.32. The van der Waals surface area contributed by atoms with Crippen LogP contribution in [-0.2, 0) is 14.8 Å². The molecular weight excluding hydrogens is 330 g/mol. The average molecular weight is 345 g/mol. The van der Waals surface area contributed by atoms with Crippen LogP contribution in [0.15, 0.2) is 53.4 Å². The van der Waals surface area contributed by atoms with Crippen LogP contribution >= 0.6 is 0 Å². The van der Waals surface area contributed by atoms with Crippen molar-refractivity contribution in [2.24, 2.45) is 0 Å². The first kappa shape index (κ1) is 16.2. The van der Waals surface area contributed by atoms with Gasteiger partial charge in [0.25, 0.3) is 15.9 Å². The van der Waals surface area contributed by atoms with Gasteiger partial charge in [0.15, 0.2) is 0 Å². The van der Waals surface area contributed by atoms with E-state index in [-0.39, 0.29) is 23.6 Å². The van der Waals surface area contributed by atoms with E-state index >= 15 is 0 Å². The number of esters is 1. The fourth-order valence-corrected chi connectivity index (χ4v) is 4.11. The lowest BCUT2D eigenvalue weighted by atomic mass is 10.1. The highest BCUT2D eigenvalue weighted by atomic mass is 32.2. The fourth-order valence-electron chi connectivity index (χ4n) is 2.55. The Kier molecular flexibility index (Phi) is 4.11. The number of aryl methyl sites for hydroxylation is 1. The molecule has 124 valence electrons. The number of carbonyl (C=O) groups excluding carboxylic acids is 2. The highest BCUT2D eigenvalue weighted by molar-refractivity contribution is 7.90. The Morgan fingerprint density at radius 3 is 2.46 bits per heavy atom. The molecule has 0 atom stereocenters. The standard InChI is InChI=1S/C17H15NO5S/c1-12-6-2-3-7-13(12)17(20)23-11-10-18-16(19)14-8-4-5-9-15(14)24(18,21)22/h2-9H,10-11H2,1H3. The van der Waals surface area contributed by atoms with Crippen molar-refractivity contribution in [3.8, 4) is 0 Å². The number of sulfonamides is 1. The van der Waals surface area contributed by atoms with Gasteiger partial charge < -0.3 is 4.74 Å². The Bertz CT molecular complexity index is 920. The van der Waals surface area contributed by atoms with Crippen LogP contribution in [0.3, 0.4) is 0 Å². The summed E-state index contributed by atoms with van der Waals surface area (Å²) in [7, 11) is -3.87. The topological polar surface area (TPSA) is 80.8 Å². The van der Waals surface area contributed by atoms with E-state index in [1.807, 2.05) is 0 Å². The quantitative estimate of drug-likeness (QED) is 0.792. The van der Waals surface area contributed by atoms with Gasteiger partial charge in [-0.2, -0.15) is 0 Å².